The molecule has 4 rings (SSSR count). The third kappa shape index (κ3) is 18.9. The Labute approximate surface area is 411 Å². The quantitative estimate of drug-likeness (QED) is 0.00827. The van der Waals surface area contributed by atoms with E-state index in [1.807, 2.05) is 5.48 Å². The summed E-state index contributed by atoms with van der Waals surface area (Å²) in [4.78, 5) is 23.8. The van der Waals surface area contributed by atoms with Gasteiger partial charge in [-0.2, -0.15) is 29.9 Å². The van der Waals surface area contributed by atoms with Crippen molar-refractivity contribution in [1.82, 2.24) is 35.4 Å². The van der Waals surface area contributed by atoms with Crippen molar-refractivity contribution in [3.05, 3.63) is 53.3 Å². The molecule has 64 heavy (non-hydrogen) atoms. The summed E-state index contributed by atoms with van der Waals surface area (Å²) in [6, 6.07) is 7.14. The van der Waals surface area contributed by atoms with Crippen molar-refractivity contribution < 1.29 is 125 Å². The molecule has 2 aromatic heterocycles. The van der Waals surface area contributed by atoms with E-state index in [1.165, 1.54) is 24.3 Å². The van der Waals surface area contributed by atoms with Gasteiger partial charge in [-0.25, -0.2) is 22.3 Å². The van der Waals surface area contributed by atoms with Crippen molar-refractivity contribution in [1.29, 1.82) is 0 Å². The van der Waals surface area contributed by atoms with Crippen LogP contribution in [0.15, 0.2) is 46.2 Å². The average molecular weight is 957 g/mol. The van der Waals surface area contributed by atoms with Crippen molar-refractivity contribution >= 4 is 73.5 Å². The fourth-order valence-corrected chi connectivity index (χ4v) is 6.49. The molecule has 0 saturated carbocycles. The van der Waals surface area contributed by atoms with Gasteiger partial charge in [0.1, 0.15) is 26.1 Å². The number of nitrogens with zero attached hydrogens (tertiary/aromatic N) is 6. The molecule has 4 aromatic rings. The summed E-state index contributed by atoms with van der Waals surface area (Å²) in [6.07, 6.45) is 1.09. The second-order valence-electron chi connectivity index (χ2n) is 12.6. The van der Waals surface area contributed by atoms with Crippen LogP contribution >= 0.6 is 0 Å². The molecule has 0 aliphatic heterocycles. The van der Waals surface area contributed by atoms with E-state index in [4.69, 9.17) is 24.8 Å². The zero-order valence-corrected chi connectivity index (χ0v) is 40.3. The minimum Gasteiger partial charge on any atom is -0.744 e. The topological polar surface area (TPSA) is 404 Å². The van der Waals surface area contributed by atoms with Gasteiger partial charge in [0.15, 0.2) is 0 Å². The maximum atomic E-state index is 12.5. The average Bonchev–Trinajstić information content (AvgIpc) is 3.23. The van der Waals surface area contributed by atoms with Gasteiger partial charge in [-0.15, -0.1) is 0 Å². The smallest absolute Gasteiger partial charge is 0.744 e. The molecular formula is C34H46N12Na2O14S2. The summed E-state index contributed by atoms with van der Waals surface area (Å²) >= 11 is 0. The van der Waals surface area contributed by atoms with Crippen LogP contribution < -0.4 is 91.2 Å². The molecule has 26 nitrogen and oxygen atoms in total. The van der Waals surface area contributed by atoms with Crippen molar-refractivity contribution in [3.8, 4) is 0 Å². The largest absolute Gasteiger partial charge is 1.00 e. The molecule has 340 valence electrons. The third-order valence-electron chi connectivity index (χ3n) is 7.97. The molecule has 12 N–H and O–H groups in total. The van der Waals surface area contributed by atoms with E-state index in [0.717, 1.165) is 24.3 Å². The normalized spacial score (nSPS) is 12.5. The summed E-state index contributed by atoms with van der Waals surface area (Å²) in [5, 5.41) is 69.9. The molecule has 0 fully saturated rings. The molecule has 0 aliphatic carbocycles. The van der Waals surface area contributed by atoms with Crippen LogP contribution in [0.5, 0.6) is 0 Å². The zero-order chi connectivity index (χ0) is 45.1. The molecule has 2 aromatic carbocycles. The monoisotopic (exact) mass is 956 g/mol. The number of ether oxygens (including phenoxy) is 2. The van der Waals surface area contributed by atoms with E-state index >= 15 is 0 Å². The number of aliphatic hydroxyl groups is 5. The number of aliphatic hydroxyl groups excluding tert-OH is 5. The van der Waals surface area contributed by atoms with Crippen molar-refractivity contribution in [2.24, 2.45) is 0 Å². The van der Waals surface area contributed by atoms with Crippen molar-refractivity contribution in [2.75, 3.05) is 106 Å². The molecule has 2 heterocycles. The first-order chi connectivity index (χ1) is 29.7. The van der Waals surface area contributed by atoms with E-state index < -0.39 is 55.3 Å². The van der Waals surface area contributed by atoms with Crippen LogP contribution in [0.2, 0.25) is 0 Å². The third-order valence-corrected chi connectivity index (χ3v) is 9.75. The van der Waals surface area contributed by atoms with E-state index in [1.54, 1.807) is 0 Å². The van der Waals surface area contributed by atoms with E-state index in [2.05, 4.69) is 56.5 Å². The van der Waals surface area contributed by atoms with Gasteiger partial charge in [0.25, 0.3) is 0 Å². The number of hydroxylamine groups is 1. The molecule has 0 saturated heterocycles. The molecule has 0 radical (unpaired) electrons. The number of benzene rings is 2. The number of rotatable bonds is 28. The molecule has 0 aliphatic rings. The van der Waals surface area contributed by atoms with Crippen LogP contribution in [0, 0.1) is 0 Å². The van der Waals surface area contributed by atoms with Gasteiger partial charge < -0.3 is 75.9 Å². The first-order valence-electron chi connectivity index (χ1n) is 18.5. The Morgan fingerprint density at radius 2 is 1.05 bits per heavy atom. The summed E-state index contributed by atoms with van der Waals surface area (Å²) in [5.41, 5.74) is 1.60. The molecule has 0 spiro atoms. The van der Waals surface area contributed by atoms with Gasteiger partial charge in [-0.3, -0.25) is 0 Å². The van der Waals surface area contributed by atoms with Gasteiger partial charge in [0.2, 0.25) is 29.7 Å². The predicted molar refractivity (Wildman–Crippen MR) is 218 cm³/mol. The van der Waals surface area contributed by atoms with Crippen molar-refractivity contribution in [3.63, 3.8) is 0 Å². The standard InChI is InChI=1S/C34H48N12O14S2.2Na/c47-9-13-59-11-7-35-30-41-29(23(19-49)17-38-52)42-33(44-30)39-24-5-3-21(27(15-24)61(53,54)55)1-2-22-4-6-25(16-28(22)62(56,57)58)40-34-45-31(36-8-12-60-14-10-48)43-32(46-34)37-18-26(51)20-50;;/h1-6,15-16,23,26,38,47-52H,7-14,17-20H2,(H,53,54,55)(H,56,57,58)(H2,35,39,41,42,44)(H3,36,37,40,43,45,46);;/q;2*+1/p-2. The Bertz CT molecular complexity index is 2330. The predicted octanol–water partition coefficient (Wildman–Crippen LogP) is -7.81. The first kappa shape index (κ1) is 56.8. The molecule has 0 amide bonds. The second kappa shape index (κ2) is 28.6. The minimum atomic E-state index is -5.19. The van der Waals surface area contributed by atoms with E-state index in [9.17, 15) is 41.4 Å². The van der Waals surface area contributed by atoms with Crippen LogP contribution in [-0.2, 0) is 29.7 Å². The Hall–Kier alpha value is -3.34. The Morgan fingerprint density at radius 3 is 1.48 bits per heavy atom. The summed E-state index contributed by atoms with van der Waals surface area (Å²) in [7, 11) is -10.4. The maximum absolute atomic E-state index is 12.5. The number of hydrogen-bond donors (Lipinski definition) is 12. The van der Waals surface area contributed by atoms with Crippen LogP contribution in [0.25, 0.3) is 12.2 Å². The fraction of sp³-hybridized carbons (Fsp3) is 0.412. The van der Waals surface area contributed by atoms with Crippen LogP contribution in [-0.4, -0.2) is 172 Å². The first-order valence-corrected chi connectivity index (χ1v) is 21.3. The van der Waals surface area contributed by atoms with Crippen molar-refractivity contribution in [2.45, 2.75) is 21.8 Å². The summed E-state index contributed by atoms with van der Waals surface area (Å²) in [6.45, 7) is -0.753. The minimum absolute atomic E-state index is 0. The number of nitrogens with one attached hydrogen (secondary N) is 6. The molecule has 2 atom stereocenters. The zero-order valence-electron chi connectivity index (χ0n) is 34.7. The summed E-state index contributed by atoms with van der Waals surface area (Å²) < 4.78 is 85.3. The van der Waals surface area contributed by atoms with E-state index in [0.29, 0.717) is 0 Å². The van der Waals surface area contributed by atoms with Crippen LogP contribution in [0.3, 0.4) is 0 Å². The Kier molecular flexibility index (Phi) is 25.4. The molecular weight excluding hydrogens is 911 g/mol. The Morgan fingerprint density at radius 1 is 0.609 bits per heavy atom. The molecule has 30 heteroatoms. The van der Waals surface area contributed by atoms with Crippen LogP contribution in [0.1, 0.15) is 22.9 Å². The van der Waals surface area contributed by atoms with Gasteiger partial charge in [-0.1, -0.05) is 24.3 Å². The number of aromatic nitrogens is 6. The number of anilines is 7. The SMILES string of the molecule is O=S(=O)([O-])c1cc(Nc2nc(NCCOCCO)nc(NCC(O)CO)n2)ccc1C=Cc1ccc(Nc2nc(NCCOCCO)nc(C(CO)CNO)n2)cc1S(=O)(=O)[O-].[Na+].[Na+]. The van der Waals surface area contributed by atoms with Gasteiger partial charge in [0, 0.05) is 37.6 Å². The molecule has 0 bridgehead atoms. The van der Waals surface area contributed by atoms with Gasteiger partial charge >= 0.3 is 59.1 Å². The molecule has 2 unspecified atom stereocenters. The maximum Gasteiger partial charge on any atom is 1.00 e. The van der Waals surface area contributed by atoms with Crippen LogP contribution in [0.4, 0.5) is 41.1 Å². The fourth-order valence-electron chi connectivity index (χ4n) is 5.09. The Balaban J connectivity index is 0.00000704. The second-order valence-corrected chi connectivity index (χ2v) is 15.3. The van der Waals surface area contributed by atoms with Gasteiger partial charge in [-0.05, 0) is 35.4 Å². The number of hydrogen-bond acceptors (Lipinski definition) is 26. The van der Waals surface area contributed by atoms with Gasteiger partial charge in [0.05, 0.1) is 74.7 Å². The summed E-state index contributed by atoms with van der Waals surface area (Å²) in [5.74, 6) is -1.12. The van der Waals surface area contributed by atoms with E-state index in [-0.39, 0.29) is 183 Å².